The van der Waals surface area contributed by atoms with Crippen molar-refractivity contribution in [2.75, 3.05) is 7.11 Å². The van der Waals surface area contributed by atoms with E-state index in [4.69, 9.17) is 25.2 Å². The molecule has 5 rings (SSSR count). The van der Waals surface area contributed by atoms with Gasteiger partial charge >= 0.3 is 0 Å². The third kappa shape index (κ3) is 3.58. The largest absolute Gasteiger partial charge is 0.508 e. The average molecular weight is 480 g/mol. The lowest BCUT2D eigenvalue weighted by atomic mass is 9.95. The van der Waals surface area contributed by atoms with Crippen LogP contribution < -0.4 is 4.74 Å². The summed E-state index contributed by atoms with van der Waals surface area (Å²) in [6, 6.07) is 13.1. The number of aliphatic hydroxyl groups is 1. The van der Waals surface area contributed by atoms with Gasteiger partial charge in [0.25, 0.3) is 5.91 Å². The fourth-order valence-electron chi connectivity index (χ4n) is 4.10. The molecule has 9 heteroatoms. The molecule has 1 unspecified atom stereocenters. The van der Waals surface area contributed by atoms with Crippen LogP contribution in [0.3, 0.4) is 0 Å². The zero-order valence-electron chi connectivity index (χ0n) is 17.8. The Morgan fingerprint density at radius 1 is 1.15 bits per heavy atom. The number of benzene rings is 2. The Balaban J connectivity index is 1.61. The number of methoxy groups -OCH3 is 1. The summed E-state index contributed by atoms with van der Waals surface area (Å²) in [4.78, 5) is 28.0. The molecule has 0 saturated heterocycles. The van der Waals surface area contributed by atoms with E-state index in [-0.39, 0.29) is 23.6 Å². The van der Waals surface area contributed by atoms with Gasteiger partial charge in [0.2, 0.25) is 5.78 Å². The summed E-state index contributed by atoms with van der Waals surface area (Å²) in [6.07, 6.45) is 1.47. The lowest BCUT2D eigenvalue weighted by Crippen LogP contribution is -2.30. The summed E-state index contributed by atoms with van der Waals surface area (Å²) in [5.41, 5.74) is 0.682. The number of Topliss-reactive ketones (excluding diaryl/α,β-unsaturated/α-hetero) is 1. The van der Waals surface area contributed by atoms with Crippen molar-refractivity contribution in [2.24, 2.45) is 0 Å². The van der Waals surface area contributed by atoms with Crippen molar-refractivity contribution in [1.82, 2.24) is 4.90 Å². The maximum Gasteiger partial charge on any atom is 0.290 e. The lowest BCUT2D eigenvalue weighted by Gasteiger charge is -2.25. The molecule has 0 spiro atoms. The number of phenolic OH excluding ortho intramolecular Hbond substituents is 1. The molecule has 1 atom stereocenters. The van der Waals surface area contributed by atoms with Crippen LogP contribution in [0.5, 0.6) is 11.5 Å². The van der Waals surface area contributed by atoms with Crippen molar-refractivity contribution in [1.29, 1.82) is 0 Å². The highest BCUT2D eigenvalue weighted by molar-refractivity contribution is 6.31. The van der Waals surface area contributed by atoms with Gasteiger partial charge in [-0.05, 0) is 42.0 Å². The van der Waals surface area contributed by atoms with Crippen LogP contribution in [0.4, 0.5) is 0 Å². The fourth-order valence-corrected chi connectivity index (χ4v) is 4.32. The molecule has 1 amide bonds. The number of carbonyl (C=O) groups is 2. The Morgan fingerprint density at radius 3 is 2.59 bits per heavy atom. The Bertz CT molecular complexity index is 1430. The van der Waals surface area contributed by atoms with E-state index in [1.54, 1.807) is 36.4 Å². The minimum Gasteiger partial charge on any atom is -0.508 e. The summed E-state index contributed by atoms with van der Waals surface area (Å²) in [5, 5.41) is 21.4. The van der Waals surface area contributed by atoms with Crippen LogP contribution in [-0.4, -0.2) is 33.9 Å². The maximum absolute atomic E-state index is 13.6. The molecule has 2 aromatic carbocycles. The van der Waals surface area contributed by atoms with E-state index in [9.17, 15) is 19.8 Å². The van der Waals surface area contributed by atoms with Crippen LogP contribution in [0.2, 0.25) is 5.02 Å². The molecule has 0 fully saturated rings. The molecule has 2 aromatic heterocycles. The second-order valence-electron chi connectivity index (χ2n) is 7.73. The highest BCUT2D eigenvalue weighted by Crippen LogP contribution is 2.41. The second-order valence-corrected chi connectivity index (χ2v) is 8.17. The van der Waals surface area contributed by atoms with Crippen LogP contribution in [0.25, 0.3) is 11.0 Å². The smallest absolute Gasteiger partial charge is 0.290 e. The predicted octanol–water partition coefficient (Wildman–Crippen LogP) is 5.17. The zero-order chi connectivity index (χ0) is 24.0. The molecule has 1 aliphatic rings. The summed E-state index contributed by atoms with van der Waals surface area (Å²) in [6.45, 7) is 0.0157. The maximum atomic E-state index is 13.6. The van der Waals surface area contributed by atoms with E-state index in [2.05, 4.69) is 0 Å². The third-order valence-corrected chi connectivity index (χ3v) is 5.87. The van der Waals surface area contributed by atoms with Gasteiger partial charge in [0.1, 0.15) is 11.5 Å². The number of hydrogen-bond acceptors (Lipinski definition) is 7. The quantitative estimate of drug-likeness (QED) is 0.366. The number of rotatable bonds is 6. The standard InChI is InChI=1S/C25H18ClNO7/c1-32-19-11-15(26)9-14-10-18(34-24(14)19)22(29)20-21(13-4-6-16(28)7-5-13)27(25(31)23(20)30)12-17-3-2-8-33-17/h2-11,21,28,30H,12H2,1H3. The first-order chi connectivity index (χ1) is 16.4. The molecule has 4 aromatic rings. The van der Waals surface area contributed by atoms with E-state index in [0.717, 1.165) is 0 Å². The number of ether oxygens (including phenoxy) is 1. The first-order valence-corrected chi connectivity index (χ1v) is 10.6. The first kappa shape index (κ1) is 21.7. The normalized spacial score (nSPS) is 16.0. The number of furan rings is 2. The van der Waals surface area contributed by atoms with E-state index in [0.29, 0.717) is 33.1 Å². The summed E-state index contributed by atoms with van der Waals surface area (Å²) in [5.74, 6) is -1.32. The Hall–Kier alpha value is -4.17. The number of ketones is 1. The van der Waals surface area contributed by atoms with Crippen LogP contribution >= 0.6 is 11.6 Å². The molecule has 0 saturated carbocycles. The molecule has 0 aliphatic carbocycles. The molecular formula is C25H18ClNO7. The van der Waals surface area contributed by atoms with Crippen LogP contribution in [-0.2, 0) is 11.3 Å². The Morgan fingerprint density at radius 2 is 1.91 bits per heavy atom. The van der Waals surface area contributed by atoms with E-state index in [1.807, 2.05) is 0 Å². The van der Waals surface area contributed by atoms with Crippen molar-refractivity contribution < 1.29 is 33.4 Å². The van der Waals surface area contributed by atoms with E-state index < -0.39 is 23.5 Å². The highest BCUT2D eigenvalue weighted by atomic mass is 35.5. The van der Waals surface area contributed by atoms with E-state index >= 15 is 0 Å². The number of aromatic hydroxyl groups is 1. The summed E-state index contributed by atoms with van der Waals surface area (Å²) in [7, 11) is 1.45. The van der Waals surface area contributed by atoms with Gasteiger partial charge in [-0.3, -0.25) is 9.59 Å². The number of nitrogens with zero attached hydrogens (tertiary/aromatic N) is 1. The van der Waals surface area contributed by atoms with Gasteiger partial charge in [0.15, 0.2) is 22.9 Å². The lowest BCUT2D eigenvalue weighted by molar-refractivity contribution is -0.130. The number of fused-ring (bicyclic) bond motifs is 1. The zero-order valence-corrected chi connectivity index (χ0v) is 18.6. The molecule has 34 heavy (non-hydrogen) atoms. The number of carbonyl (C=O) groups excluding carboxylic acids is 2. The molecule has 172 valence electrons. The molecule has 2 N–H and O–H groups in total. The van der Waals surface area contributed by atoms with Crippen molar-refractivity contribution in [3.8, 4) is 11.5 Å². The summed E-state index contributed by atoms with van der Waals surface area (Å²) < 4.78 is 16.5. The van der Waals surface area contributed by atoms with Gasteiger partial charge in [-0.15, -0.1) is 0 Å². The monoisotopic (exact) mass is 479 g/mol. The first-order valence-electron chi connectivity index (χ1n) is 10.2. The predicted molar refractivity (Wildman–Crippen MR) is 122 cm³/mol. The SMILES string of the molecule is COc1cc(Cl)cc2cc(C(=O)C3=C(O)C(=O)N(Cc4ccco4)C3c3ccc(O)cc3)oc12. The van der Waals surface area contributed by atoms with Crippen LogP contribution in [0.15, 0.2) is 81.0 Å². The van der Waals surface area contributed by atoms with Crippen molar-refractivity contribution in [2.45, 2.75) is 12.6 Å². The Kier molecular flexibility index (Phi) is 5.30. The van der Waals surface area contributed by atoms with Crippen LogP contribution in [0.1, 0.15) is 27.9 Å². The third-order valence-electron chi connectivity index (χ3n) is 5.65. The average Bonchev–Trinajstić information content (AvgIpc) is 3.54. The van der Waals surface area contributed by atoms with Crippen molar-refractivity contribution in [3.05, 3.63) is 94.3 Å². The molecular weight excluding hydrogens is 462 g/mol. The van der Waals surface area contributed by atoms with Crippen molar-refractivity contribution >= 4 is 34.3 Å². The van der Waals surface area contributed by atoms with Gasteiger partial charge in [-0.25, -0.2) is 0 Å². The van der Waals surface area contributed by atoms with Gasteiger partial charge in [-0.1, -0.05) is 23.7 Å². The van der Waals surface area contributed by atoms with Gasteiger partial charge < -0.3 is 28.7 Å². The number of hydrogen-bond donors (Lipinski definition) is 2. The number of halogens is 1. The summed E-state index contributed by atoms with van der Waals surface area (Å²) >= 11 is 6.13. The van der Waals surface area contributed by atoms with Gasteiger partial charge in [0.05, 0.1) is 31.5 Å². The molecule has 8 nitrogen and oxygen atoms in total. The molecule has 0 radical (unpaired) electrons. The van der Waals surface area contributed by atoms with Crippen molar-refractivity contribution in [3.63, 3.8) is 0 Å². The molecule has 1 aliphatic heterocycles. The van der Waals surface area contributed by atoms with E-state index in [1.165, 1.54) is 36.5 Å². The number of phenols is 1. The fraction of sp³-hybridized carbons (Fsp3) is 0.120. The second kappa shape index (κ2) is 8.31. The molecule has 3 heterocycles. The highest BCUT2D eigenvalue weighted by Gasteiger charge is 2.45. The minimum absolute atomic E-state index is 0.0157. The van der Waals surface area contributed by atoms with Gasteiger partial charge in [-0.2, -0.15) is 0 Å². The Labute approximate surface area is 198 Å². The molecule has 0 bridgehead atoms. The van der Waals surface area contributed by atoms with Crippen LogP contribution in [0, 0.1) is 0 Å². The number of amides is 1. The topological polar surface area (TPSA) is 113 Å². The number of aliphatic hydroxyl groups excluding tert-OH is 1. The van der Waals surface area contributed by atoms with Gasteiger partial charge in [0, 0.05) is 16.5 Å². The minimum atomic E-state index is -0.940.